The number of halogens is 1. The Hall–Kier alpha value is -3.36. The maximum absolute atomic E-state index is 12.7. The van der Waals surface area contributed by atoms with Gasteiger partial charge in [-0.05, 0) is 55.0 Å². The number of piperidine rings is 1. The molecule has 2 aromatic carbocycles. The molecule has 2 saturated heterocycles. The molecule has 224 valence electrons. The summed E-state index contributed by atoms with van der Waals surface area (Å²) in [6.07, 6.45) is 5.62. The van der Waals surface area contributed by atoms with E-state index in [1.165, 1.54) is 0 Å². The molecule has 0 atom stereocenters. The normalized spacial score (nSPS) is 16.0. The Morgan fingerprint density at radius 1 is 1.07 bits per heavy atom. The van der Waals surface area contributed by atoms with Crippen LogP contribution in [0, 0.1) is 11.3 Å². The number of ketones is 1. The zero-order chi connectivity index (χ0) is 29.7. The Balaban J connectivity index is 1.19. The molecule has 2 aliphatic rings. The minimum Gasteiger partial charge on any atom is -0.493 e. The lowest BCUT2D eigenvalue weighted by atomic mass is 9.77. The average Bonchev–Trinajstić information content (AvgIpc) is 2.95. The summed E-state index contributed by atoms with van der Waals surface area (Å²) in [6.45, 7) is 7.74. The number of amides is 1. The van der Waals surface area contributed by atoms with Crippen molar-refractivity contribution in [2.45, 2.75) is 52.4 Å². The SMILES string of the molecule is COc1cc2c(Oc3ccc(CC(=O)CC(C)C)c(Cl)c3)ccnc2cc1OCCCC(=O)N1CCC2(CC1)COC2. The average molecular weight is 595 g/mol. The number of ether oxygens (including phenoxy) is 4. The second-order valence-corrected chi connectivity index (χ2v) is 12.2. The van der Waals surface area contributed by atoms with E-state index in [4.69, 9.17) is 30.5 Å². The fraction of sp³-hybridized carbons (Fsp3) is 0.485. The monoisotopic (exact) mass is 594 g/mol. The number of hydrogen-bond donors (Lipinski definition) is 0. The van der Waals surface area contributed by atoms with Gasteiger partial charge in [-0.3, -0.25) is 14.6 Å². The molecule has 3 aromatic rings. The zero-order valence-corrected chi connectivity index (χ0v) is 25.4. The molecule has 0 aliphatic carbocycles. The van der Waals surface area contributed by atoms with E-state index in [1.54, 1.807) is 25.4 Å². The van der Waals surface area contributed by atoms with Crippen LogP contribution in [0.2, 0.25) is 5.02 Å². The van der Waals surface area contributed by atoms with Gasteiger partial charge in [-0.15, -0.1) is 0 Å². The van der Waals surface area contributed by atoms with Gasteiger partial charge in [0, 0.05) is 60.4 Å². The molecule has 3 heterocycles. The summed E-state index contributed by atoms with van der Waals surface area (Å²) in [4.78, 5) is 31.4. The number of carbonyl (C=O) groups is 2. The first-order chi connectivity index (χ1) is 20.2. The number of fused-ring (bicyclic) bond motifs is 1. The van der Waals surface area contributed by atoms with Crippen LogP contribution in [0.15, 0.2) is 42.6 Å². The highest BCUT2D eigenvalue weighted by Gasteiger charge is 2.41. The van der Waals surface area contributed by atoms with Crippen LogP contribution >= 0.6 is 11.6 Å². The van der Waals surface area contributed by atoms with Gasteiger partial charge < -0.3 is 23.8 Å². The standard InChI is InChI=1S/C33H39ClN2O6/c1-22(2)15-24(37)16-23-6-7-25(17-27(23)34)42-29-8-11-35-28-19-31(30(39-3)18-26(28)29)41-14-4-5-32(38)36-12-9-33(10-13-36)20-40-21-33/h6-8,11,17-19,22H,4-5,9-10,12-16,20-21H2,1-3H3. The van der Waals surface area contributed by atoms with Crippen LogP contribution in [-0.4, -0.2) is 61.6 Å². The Kier molecular flexibility index (Phi) is 9.53. The van der Waals surface area contributed by atoms with Gasteiger partial charge in [0.1, 0.15) is 17.3 Å². The van der Waals surface area contributed by atoms with E-state index >= 15 is 0 Å². The summed E-state index contributed by atoms with van der Waals surface area (Å²) >= 11 is 6.50. The summed E-state index contributed by atoms with van der Waals surface area (Å²) in [5, 5.41) is 1.25. The van der Waals surface area contributed by atoms with Crippen LogP contribution in [0.3, 0.4) is 0 Å². The smallest absolute Gasteiger partial charge is 0.222 e. The van der Waals surface area contributed by atoms with Gasteiger partial charge in [0.2, 0.25) is 5.91 Å². The van der Waals surface area contributed by atoms with Crippen molar-refractivity contribution in [1.82, 2.24) is 9.88 Å². The predicted octanol–water partition coefficient (Wildman–Crippen LogP) is 6.64. The highest BCUT2D eigenvalue weighted by atomic mass is 35.5. The fourth-order valence-corrected chi connectivity index (χ4v) is 5.80. The van der Waals surface area contributed by atoms with E-state index < -0.39 is 0 Å². The Morgan fingerprint density at radius 3 is 2.52 bits per heavy atom. The molecule has 0 N–H and O–H groups in total. The number of likely N-dealkylation sites (tertiary alicyclic amines) is 1. The molecule has 1 amide bonds. The number of pyridine rings is 1. The predicted molar refractivity (Wildman–Crippen MR) is 162 cm³/mol. The van der Waals surface area contributed by atoms with Gasteiger partial charge in [0.05, 0.1) is 32.4 Å². The van der Waals surface area contributed by atoms with Crippen molar-refractivity contribution in [3.63, 3.8) is 0 Å². The van der Waals surface area contributed by atoms with Crippen molar-refractivity contribution >= 4 is 34.2 Å². The highest BCUT2D eigenvalue weighted by Crippen LogP contribution is 2.39. The van der Waals surface area contributed by atoms with E-state index in [2.05, 4.69) is 4.98 Å². The van der Waals surface area contributed by atoms with E-state index in [0.717, 1.165) is 50.1 Å². The minimum atomic E-state index is 0.164. The molecule has 0 radical (unpaired) electrons. The quantitative estimate of drug-likeness (QED) is 0.217. The first-order valence-corrected chi connectivity index (χ1v) is 15.1. The molecule has 8 nitrogen and oxygen atoms in total. The van der Waals surface area contributed by atoms with Gasteiger partial charge in [0.25, 0.3) is 0 Å². The van der Waals surface area contributed by atoms with E-state index in [-0.39, 0.29) is 11.7 Å². The molecule has 5 rings (SSSR count). The molecule has 0 bridgehead atoms. The number of Topliss-reactive ketones (excluding diaryl/α,β-unsaturated/α-hetero) is 1. The number of aromatic nitrogens is 1. The largest absolute Gasteiger partial charge is 0.493 e. The van der Waals surface area contributed by atoms with E-state index in [9.17, 15) is 9.59 Å². The van der Waals surface area contributed by atoms with Gasteiger partial charge in [-0.25, -0.2) is 0 Å². The molecular weight excluding hydrogens is 556 g/mol. The van der Waals surface area contributed by atoms with E-state index in [1.807, 2.05) is 43.0 Å². The van der Waals surface area contributed by atoms with Gasteiger partial charge in [0.15, 0.2) is 11.5 Å². The summed E-state index contributed by atoms with van der Waals surface area (Å²) in [5.41, 5.74) is 1.79. The molecule has 42 heavy (non-hydrogen) atoms. The van der Waals surface area contributed by atoms with Crippen LogP contribution in [0.5, 0.6) is 23.0 Å². The number of hydrogen-bond acceptors (Lipinski definition) is 7. The highest BCUT2D eigenvalue weighted by molar-refractivity contribution is 6.31. The van der Waals surface area contributed by atoms with Gasteiger partial charge in [-0.2, -0.15) is 0 Å². The first kappa shape index (κ1) is 30.1. The van der Waals surface area contributed by atoms with Crippen molar-refractivity contribution in [2.24, 2.45) is 11.3 Å². The topological polar surface area (TPSA) is 87.2 Å². The third-order valence-corrected chi connectivity index (χ3v) is 8.40. The molecule has 2 aliphatic heterocycles. The van der Waals surface area contributed by atoms with Gasteiger partial charge >= 0.3 is 0 Å². The second-order valence-electron chi connectivity index (χ2n) is 11.8. The van der Waals surface area contributed by atoms with Crippen molar-refractivity contribution in [3.05, 3.63) is 53.2 Å². The lowest BCUT2D eigenvalue weighted by Gasteiger charge is -2.47. The maximum Gasteiger partial charge on any atom is 0.222 e. The zero-order valence-electron chi connectivity index (χ0n) is 24.6. The van der Waals surface area contributed by atoms with Crippen molar-refractivity contribution < 1.29 is 28.5 Å². The summed E-state index contributed by atoms with van der Waals surface area (Å²) in [7, 11) is 1.59. The maximum atomic E-state index is 12.7. The third kappa shape index (κ3) is 7.16. The van der Waals surface area contributed by atoms with Crippen molar-refractivity contribution in [1.29, 1.82) is 0 Å². The lowest BCUT2D eigenvalue weighted by molar-refractivity contribution is -0.153. The van der Waals surface area contributed by atoms with Crippen molar-refractivity contribution in [2.75, 3.05) is 40.0 Å². The van der Waals surface area contributed by atoms with Crippen LogP contribution < -0.4 is 14.2 Å². The first-order valence-electron chi connectivity index (χ1n) is 14.7. The second kappa shape index (κ2) is 13.3. The molecule has 1 spiro atoms. The number of carbonyl (C=O) groups excluding carboxylic acids is 2. The molecular formula is C33H39ClN2O6. The number of nitrogens with zero attached hydrogens (tertiary/aromatic N) is 2. The lowest BCUT2D eigenvalue weighted by Crippen LogP contribution is -2.52. The third-order valence-electron chi connectivity index (χ3n) is 8.05. The number of benzene rings is 2. The van der Waals surface area contributed by atoms with Crippen LogP contribution in [0.1, 0.15) is 51.5 Å². The van der Waals surface area contributed by atoms with E-state index in [0.29, 0.717) is 77.2 Å². The molecule has 0 unspecified atom stereocenters. The molecule has 2 fully saturated rings. The summed E-state index contributed by atoms with van der Waals surface area (Å²) in [6, 6.07) is 10.8. The Bertz CT molecular complexity index is 1430. The summed E-state index contributed by atoms with van der Waals surface area (Å²) in [5.74, 6) is 2.91. The number of methoxy groups -OCH3 is 1. The van der Waals surface area contributed by atoms with Crippen LogP contribution in [0.25, 0.3) is 10.9 Å². The fourth-order valence-electron chi connectivity index (χ4n) is 5.57. The Morgan fingerprint density at radius 2 is 1.86 bits per heavy atom. The van der Waals surface area contributed by atoms with Crippen LogP contribution in [-0.2, 0) is 20.7 Å². The van der Waals surface area contributed by atoms with Crippen molar-refractivity contribution in [3.8, 4) is 23.0 Å². The summed E-state index contributed by atoms with van der Waals surface area (Å²) < 4.78 is 23.2. The van der Waals surface area contributed by atoms with Crippen LogP contribution in [0.4, 0.5) is 0 Å². The minimum absolute atomic E-state index is 0.164. The molecule has 1 aromatic heterocycles. The molecule has 9 heteroatoms. The Labute approximate surface area is 252 Å². The molecule has 0 saturated carbocycles. The van der Waals surface area contributed by atoms with Gasteiger partial charge in [-0.1, -0.05) is 31.5 Å². The number of rotatable bonds is 12.